The maximum atomic E-state index is 4.66. The Bertz CT molecular complexity index is 764. The quantitative estimate of drug-likeness (QED) is 0.316. The number of aromatic nitrogens is 1. The predicted octanol–water partition coefficient (Wildman–Crippen LogP) is 4.99. The Labute approximate surface area is 196 Å². The summed E-state index contributed by atoms with van der Waals surface area (Å²) < 4.78 is 0. The van der Waals surface area contributed by atoms with Crippen LogP contribution >= 0.6 is 35.3 Å². The predicted molar refractivity (Wildman–Crippen MR) is 136 cm³/mol. The molecule has 0 saturated carbocycles. The standard InChI is InChI=1S/C22H33N5S.HI/c1-16(2)20-15-28-21(26-20)14-25-22(23-4)24-13-18-5-7-19(8-6-18)27-11-9-17(3)10-12-27;/h5-8,15-17H,9-14H2,1-4H3,(H2,23,24,25);1H. The number of benzene rings is 1. The first kappa shape index (κ1) is 23.9. The molecule has 0 atom stereocenters. The number of aliphatic imine (C=N–C) groups is 1. The second-order valence-corrected chi connectivity index (χ2v) is 8.88. The third kappa shape index (κ3) is 7.13. The lowest BCUT2D eigenvalue weighted by atomic mass is 9.99. The van der Waals surface area contributed by atoms with Gasteiger partial charge < -0.3 is 15.5 Å². The number of halogens is 1. The molecule has 0 bridgehead atoms. The second kappa shape index (κ2) is 11.7. The van der Waals surface area contributed by atoms with Crippen LogP contribution in [0.15, 0.2) is 34.6 Å². The summed E-state index contributed by atoms with van der Waals surface area (Å²) in [5.41, 5.74) is 3.75. The van der Waals surface area contributed by atoms with E-state index in [2.05, 4.69) is 75.9 Å². The molecule has 7 heteroatoms. The van der Waals surface area contributed by atoms with Gasteiger partial charge in [-0.05, 0) is 42.4 Å². The molecular weight excluding hydrogens is 493 g/mol. The minimum atomic E-state index is 0. The van der Waals surface area contributed by atoms with E-state index in [0.717, 1.165) is 29.1 Å². The van der Waals surface area contributed by atoms with E-state index in [1.54, 1.807) is 18.4 Å². The molecule has 1 aliphatic rings. The highest BCUT2D eigenvalue weighted by molar-refractivity contribution is 14.0. The van der Waals surface area contributed by atoms with Gasteiger partial charge in [-0.3, -0.25) is 4.99 Å². The van der Waals surface area contributed by atoms with Crippen molar-refractivity contribution in [2.75, 3.05) is 25.0 Å². The van der Waals surface area contributed by atoms with E-state index in [4.69, 9.17) is 0 Å². The number of piperidine rings is 1. The Hall–Kier alpha value is -1.35. The molecule has 0 unspecified atom stereocenters. The van der Waals surface area contributed by atoms with Crippen LogP contribution in [0.25, 0.3) is 0 Å². The van der Waals surface area contributed by atoms with Gasteiger partial charge in [0.2, 0.25) is 0 Å². The number of nitrogens with zero attached hydrogens (tertiary/aromatic N) is 3. The summed E-state index contributed by atoms with van der Waals surface area (Å²) in [5.74, 6) is 2.13. The summed E-state index contributed by atoms with van der Waals surface area (Å²) in [6, 6.07) is 8.91. The summed E-state index contributed by atoms with van der Waals surface area (Å²) in [6.45, 7) is 10.5. The molecule has 2 heterocycles. The Morgan fingerprint density at radius 2 is 1.83 bits per heavy atom. The normalized spacial score (nSPS) is 15.3. The molecular formula is C22H34IN5S. The molecule has 160 valence electrons. The van der Waals surface area contributed by atoms with Crippen molar-refractivity contribution in [3.63, 3.8) is 0 Å². The number of hydrogen-bond donors (Lipinski definition) is 2. The van der Waals surface area contributed by atoms with Gasteiger partial charge in [-0.25, -0.2) is 4.98 Å². The van der Waals surface area contributed by atoms with Crippen LogP contribution < -0.4 is 15.5 Å². The molecule has 0 spiro atoms. The molecule has 3 rings (SSSR count). The SMILES string of the molecule is CN=C(NCc1ccc(N2CCC(C)CC2)cc1)NCc1nc(C(C)C)cs1.I. The van der Waals surface area contributed by atoms with E-state index in [0.29, 0.717) is 12.5 Å². The van der Waals surface area contributed by atoms with Crippen molar-refractivity contribution in [3.05, 3.63) is 45.9 Å². The minimum absolute atomic E-state index is 0. The van der Waals surface area contributed by atoms with E-state index in [1.807, 2.05) is 0 Å². The summed E-state index contributed by atoms with van der Waals surface area (Å²) >= 11 is 1.70. The molecule has 1 aliphatic heterocycles. The summed E-state index contributed by atoms with van der Waals surface area (Å²) in [4.78, 5) is 11.5. The van der Waals surface area contributed by atoms with Crippen LogP contribution in [0.1, 0.15) is 55.8 Å². The average molecular weight is 528 g/mol. The van der Waals surface area contributed by atoms with Crippen molar-refractivity contribution in [3.8, 4) is 0 Å². The Morgan fingerprint density at radius 1 is 1.17 bits per heavy atom. The third-order valence-corrected chi connectivity index (χ3v) is 6.20. The van der Waals surface area contributed by atoms with Gasteiger partial charge in [0.1, 0.15) is 5.01 Å². The van der Waals surface area contributed by atoms with Gasteiger partial charge in [0, 0.05) is 37.7 Å². The van der Waals surface area contributed by atoms with Crippen LogP contribution in [0.2, 0.25) is 0 Å². The Kier molecular flexibility index (Phi) is 9.68. The first-order valence-corrected chi connectivity index (χ1v) is 11.2. The zero-order chi connectivity index (χ0) is 19.9. The van der Waals surface area contributed by atoms with Crippen molar-refractivity contribution in [2.24, 2.45) is 10.9 Å². The van der Waals surface area contributed by atoms with Gasteiger partial charge >= 0.3 is 0 Å². The fourth-order valence-corrected chi connectivity index (χ4v) is 4.22. The zero-order valence-corrected chi connectivity index (χ0v) is 21.1. The molecule has 0 amide bonds. The van der Waals surface area contributed by atoms with Gasteiger partial charge in [-0.15, -0.1) is 35.3 Å². The van der Waals surface area contributed by atoms with Crippen molar-refractivity contribution < 1.29 is 0 Å². The maximum Gasteiger partial charge on any atom is 0.191 e. The van der Waals surface area contributed by atoms with Crippen molar-refractivity contribution >= 4 is 47.0 Å². The molecule has 5 nitrogen and oxygen atoms in total. The number of guanidine groups is 1. The first-order valence-electron chi connectivity index (χ1n) is 10.3. The van der Waals surface area contributed by atoms with Crippen molar-refractivity contribution in [2.45, 2.75) is 52.6 Å². The molecule has 1 aromatic heterocycles. The lowest BCUT2D eigenvalue weighted by molar-refractivity contribution is 0.438. The Balaban J connectivity index is 0.00000300. The molecule has 1 saturated heterocycles. The summed E-state index contributed by atoms with van der Waals surface area (Å²) in [5, 5.41) is 9.98. The molecule has 29 heavy (non-hydrogen) atoms. The molecule has 2 aromatic rings. The summed E-state index contributed by atoms with van der Waals surface area (Å²) in [7, 11) is 1.80. The van der Waals surface area contributed by atoms with Gasteiger partial charge in [-0.1, -0.05) is 32.9 Å². The fraction of sp³-hybridized carbons (Fsp3) is 0.545. The van der Waals surface area contributed by atoms with Crippen molar-refractivity contribution in [1.29, 1.82) is 0 Å². The van der Waals surface area contributed by atoms with Crippen LogP contribution in [0.3, 0.4) is 0 Å². The van der Waals surface area contributed by atoms with Crippen LogP contribution in [-0.4, -0.2) is 31.1 Å². The topological polar surface area (TPSA) is 52.6 Å². The monoisotopic (exact) mass is 527 g/mol. The van der Waals surface area contributed by atoms with E-state index in [9.17, 15) is 0 Å². The van der Waals surface area contributed by atoms with E-state index in [-0.39, 0.29) is 24.0 Å². The number of rotatable bonds is 6. The molecule has 2 N–H and O–H groups in total. The smallest absolute Gasteiger partial charge is 0.191 e. The maximum absolute atomic E-state index is 4.66. The third-order valence-electron chi connectivity index (χ3n) is 5.34. The van der Waals surface area contributed by atoms with Crippen LogP contribution in [0, 0.1) is 5.92 Å². The van der Waals surface area contributed by atoms with E-state index in [1.165, 1.54) is 37.2 Å². The number of hydrogen-bond acceptors (Lipinski definition) is 4. The van der Waals surface area contributed by atoms with Crippen LogP contribution in [-0.2, 0) is 13.1 Å². The lowest BCUT2D eigenvalue weighted by Gasteiger charge is -2.32. The molecule has 0 radical (unpaired) electrons. The molecule has 0 aliphatic carbocycles. The molecule has 1 aromatic carbocycles. The Morgan fingerprint density at radius 3 is 2.41 bits per heavy atom. The van der Waals surface area contributed by atoms with Gasteiger partial charge in [0.15, 0.2) is 5.96 Å². The molecule has 1 fully saturated rings. The largest absolute Gasteiger partial charge is 0.372 e. The lowest BCUT2D eigenvalue weighted by Crippen LogP contribution is -2.36. The number of nitrogens with one attached hydrogen (secondary N) is 2. The fourth-order valence-electron chi connectivity index (χ4n) is 3.33. The van der Waals surface area contributed by atoms with E-state index < -0.39 is 0 Å². The van der Waals surface area contributed by atoms with E-state index >= 15 is 0 Å². The second-order valence-electron chi connectivity index (χ2n) is 7.94. The van der Waals surface area contributed by atoms with Gasteiger partial charge in [0.25, 0.3) is 0 Å². The van der Waals surface area contributed by atoms with Crippen molar-refractivity contribution in [1.82, 2.24) is 15.6 Å². The number of thiazole rings is 1. The first-order chi connectivity index (χ1) is 13.5. The average Bonchev–Trinajstić information content (AvgIpc) is 3.19. The highest BCUT2D eigenvalue weighted by atomic mass is 127. The van der Waals surface area contributed by atoms with Crippen LogP contribution in [0.5, 0.6) is 0 Å². The minimum Gasteiger partial charge on any atom is -0.372 e. The number of anilines is 1. The highest BCUT2D eigenvalue weighted by Gasteiger charge is 2.15. The van der Waals surface area contributed by atoms with Crippen LogP contribution in [0.4, 0.5) is 5.69 Å². The highest BCUT2D eigenvalue weighted by Crippen LogP contribution is 2.23. The van der Waals surface area contributed by atoms with Gasteiger partial charge in [-0.2, -0.15) is 0 Å². The van der Waals surface area contributed by atoms with Gasteiger partial charge in [0.05, 0.1) is 12.2 Å². The zero-order valence-electron chi connectivity index (χ0n) is 17.9. The summed E-state index contributed by atoms with van der Waals surface area (Å²) in [6.07, 6.45) is 2.59.